The molecule has 178 valence electrons. The van der Waals surface area contributed by atoms with Crippen molar-refractivity contribution in [1.29, 1.82) is 0 Å². The smallest absolute Gasteiger partial charge is 0.262 e. The second kappa shape index (κ2) is 9.72. The molecule has 1 fully saturated rings. The lowest BCUT2D eigenvalue weighted by Crippen LogP contribution is -2.29. The molecule has 3 aromatic carbocycles. The Morgan fingerprint density at radius 2 is 1.82 bits per heavy atom. The maximum absolute atomic E-state index is 14.5. The Bertz CT molecular complexity index is 1330. The molecule has 0 saturated carbocycles. The van der Waals surface area contributed by atoms with Crippen LogP contribution in [0.5, 0.6) is 0 Å². The van der Waals surface area contributed by atoms with Crippen LogP contribution in [-0.2, 0) is 10.0 Å². The van der Waals surface area contributed by atoms with Crippen LogP contribution in [0.15, 0.2) is 65.6 Å². The van der Waals surface area contributed by atoms with Crippen LogP contribution >= 0.6 is 11.6 Å². The van der Waals surface area contributed by atoms with Gasteiger partial charge < -0.3 is 4.90 Å². The number of carbonyl (C=O) groups excluding carboxylic acids is 1. The van der Waals surface area contributed by atoms with E-state index in [0.717, 1.165) is 18.9 Å². The largest absolute Gasteiger partial charge is 0.338 e. The van der Waals surface area contributed by atoms with E-state index in [1.54, 1.807) is 35.2 Å². The zero-order valence-corrected chi connectivity index (χ0v) is 20.0. The Morgan fingerprint density at radius 3 is 2.50 bits per heavy atom. The van der Waals surface area contributed by atoms with Crippen molar-refractivity contribution in [1.82, 2.24) is 4.90 Å². The summed E-state index contributed by atoms with van der Waals surface area (Å²) in [6.45, 7) is 3.25. The number of anilines is 1. The van der Waals surface area contributed by atoms with Gasteiger partial charge >= 0.3 is 0 Å². The zero-order valence-electron chi connectivity index (χ0n) is 18.4. The predicted molar refractivity (Wildman–Crippen MR) is 128 cm³/mol. The standard InChI is InChI=1S/C25H23ClF2N2O3S/c1-2-16-8-9-30(15-16)25(31)18-10-19(26)12-20(11-18)34(32,33)29-24-13-21(22(27)14-23(24)28)17-6-4-3-5-7-17/h3-7,10-14,16,29H,2,8-9,15H2,1H3/t16-/m0/s1. The van der Waals surface area contributed by atoms with Gasteiger partial charge in [-0.2, -0.15) is 0 Å². The molecule has 34 heavy (non-hydrogen) atoms. The summed E-state index contributed by atoms with van der Waals surface area (Å²) in [6.07, 6.45) is 1.85. The fraction of sp³-hybridized carbons (Fsp3) is 0.240. The van der Waals surface area contributed by atoms with Crippen molar-refractivity contribution in [2.24, 2.45) is 5.92 Å². The van der Waals surface area contributed by atoms with E-state index in [9.17, 15) is 22.0 Å². The number of carbonyl (C=O) groups is 1. The highest BCUT2D eigenvalue weighted by Gasteiger charge is 2.27. The summed E-state index contributed by atoms with van der Waals surface area (Å²) in [4.78, 5) is 14.3. The molecule has 1 aliphatic rings. The first-order valence-electron chi connectivity index (χ1n) is 10.8. The first kappa shape index (κ1) is 24.2. The molecular formula is C25H23ClF2N2O3S. The molecule has 0 spiro atoms. The monoisotopic (exact) mass is 504 g/mol. The van der Waals surface area contributed by atoms with E-state index in [4.69, 9.17) is 11.6 Å². The van der Waals surface area contributed by atoms with E-state index >= 15 is 0 Å². The number of halogens is 3. The van der Waals surface area contributed by atoms with Gasteiger partial charge in [0.2, 0.25) is 0 Å². The quantitative estimate of drug-likeness (QED) is 0.450. The second-order valence-corrected chi connectivity index (χ2v) is 10.4. The molecular weight excluding hydrogens is 482 g/mol. The number of hydrogen-bond acceptors (Lipinski definition) is 3. The van der Waals surface area contributed by atoms with Crippen LogP contribution in [0, 0.1) is 17.6 Å². The average molecular weight is 505 g/mol. The fourth-order valence-electron chi connectivity index (χ4n) is 4.04. The van der Waals surface area contributed by atoms with Crippen molar-refractivity contribution < 1.29 is 22.0 Å². The van der Waals surface area contributed by atoms with Crippen LogP contribution in [0.4, 0.5) is 14.5 Å². The van der Waals surface area contributed by atoms with Crippen LogP contribution in [-0.4, -0.2) is 32.3 Å². The lowest BCUT2D eigenvalue weighted by molar-refractivity contribution is 0.0786. The summed E-state index contributed by atoms with van der Waals surface area (Å²) >= 11 is 6.14. The molecule has 0 aromatic heterocycles. The molecule has 1 saturated heterocycles. The lowest BCUT2D eigenvalue weighted by atomic mass is 10.0. The van der Waals surface area contributed by atoms with Crippen molar-refractivity contribution in [3.8, 4) is 11.1 Å². The van der Waals surface area contributed by atoms with Gasteiger partial charge in [-0.3, -0.25) is 9.52 Å². The molecule has 9 heteroatoms. The first-order chi connectivity index (χ1) is 16.2. The van der Waals surface area contributed by atoms with E-state index in [0.29, 0.717) is 30.6 Å². The van der Waals surface area contributed by atoms with Crippen LogP contribution in [0.25, 0.3) is 11.1 Å². The minimum Gasteiger partial charge on any atom is -0.338 e. The zero-order chi connectivity index (χ0) is 24.5. The highest BCUT2D eigenvalue weighted by Crippen LogP contribution is 2.30. The second-order valence-electron chi connectivity index (χ2n) is 8.27. The van der Waals surface area contributed by atoms with Crippen molar-refractivity contribution in [2.75, 3.05) is 17.8 Å². The van der Waals surface area contributed by atoms with E-state index in [1.165, 1.54) is 18.2 Å². The fourth-order valence-corrected chi connectivity index (χ4v) is 5.47. The molecule has 1 heterocycles. The van der Waals surface area contributed by atoms with Gasteiger partial charge in [-0.05, 0) is 42.2 Å². The van der Waals surface area contributed by atoms with Crippen LogP contribution < -0.4 is 4.72 Å². The minimum atomic E-state index is -4.33. The molecule has 3 aromatic rings. The number of benzene rings is 3. The molecule has 5 nitrogen and oxygen atoms in total. The first-order valence-corrected chi connectivity index (χ1v) is 12.7. The number of nitrogens with zero attached hydrogens (tertiary/aromatic N) is 1. The van der Waals surface area contributed by atoms with E-state index < -0.39 is 27.3 Å². The molecule has 0 aliphatic carbocycles. The molecule has 0 bridgehead atoms. The van der Waals surface area contributed by atoms with Gasteiger partial charge in [0, 0.05) is 35.3 Å². The van der Waals surface area contributed by atoms with Crippen molar-refractivity contribution in [3.05, 3.63) is 82.9 Å². The summed E-state index contributed by atoms with van der Waals surface area (Å²) in [6, 6.07) is 13.9. The number of likely N-dealkylation sites (tertiary alicyclic amines) is 1. The number of hydrogen-bond donors (Lipinski definition) is 1. The molecule has 1 N–H and O–H groups in total. The summed E-state index contributed by atoms with van der Waals surface area (Å²) in [7, 11) is -4.33. The van der Waals surface area contributed by atoms with Gasteiger partial charge in [0.1, 0.15) is 11.6 Å². The highest BCUT2D eigenvalue weighted by molar-refractivity contribution is 7.92. The molecule has 1 amide bonds. The van der Waals surface area contributed by atoms with Crippen molar-refractivity contribution in [2.45, 2.75) is 24.7 Å². The Balaban J connectivity index is 1.65. The highest BCUT2D eigenvalue weighted by atomic mass is 35.5. The van der Waals surface area contributed by atoms with Crippen LogP contribution in [0.2, 0.25) is 5.02 Å². The maximum Gasteiger partial charge on any atom is 0.262 e. The van der Waals surface area contributed by atoms with E-state index in [2.05, 4.69) is 11.6 Å². The third kappa shape index (κ3) is 5.08. The van der Waals surface area contributed by atoms with Gasteiger partial charge in [-0.1, -0.05) is 55.3 Å². The van der Waals surface area contributed by atoms with Crippen LogP contribution in [0.1, 0.15) is 30.1 Å². The summed E-state index contributed by atoms with van der Waals surface area (Å²) < 4.78 is 57.2. The Kier molecular flexibility index (Phi) is 6.91. The van der Waals surface area contributed by atoms with E-state index in [-0.39, 0.29) is 27.0 Å². The number of amides is 1. The maximum atomic E-state index is 14.5. The van der Waals surface area contributed by atoms with Crippen LogP contribution in [0.3, 0.4) is 0 Å². The Morgan fingerprint density at radius 1 is 1.09 bits per heavy atom. The summed E-state index contributed by atoms with van der Waals surface area (Å²) in [5.41, 5.74) is 0.223. The summed E-state index contributed by atoms with van der Waals surface area (Å²) in [5, 5.41) is 0.0574. The SMILES string of the molecule is CC[C@H]1CCN(C(=O)c2cc(Cl)cc(S(=O)(=O)Nc3cc(-c4ccccc4)c(F)cc3F)c2)C1. The molecule has 4 rings (SSSR count). The number of nitrogens with one attached hydrogen (secondary N) is 1. The predicted octanol–water partition coefficient (Wildman–Crippen LogP) is 5.96. The van der Waals surface area contributed by atoms with Gasteiger partial charge in [0.15, 0.2) is 0 Å². The molecule has 1 atom stereocenters. The Hall–Kier alpha value is -2.97. The third-order valence-corrected chi connectivity index (χ3v) is 7.53. The summed E-state index contributed by atoms with van der Waals surface area (Å²) in [5.74, 6) is -1.79. The van der Waals surface area contributed by atoms with Gasteiger partial charge in [-0.25, -0.2) is 17.2 Å². The van der Waals surface area contributed by atoms with E-state index in [1.807, 2.05) is 0 Å². The lowest BCUT2D eigenvalue weighted by Gasteiger charge is -2.17. The van der Waals surface area contributed by atoms with Gasteiger partial charge in [0.05, 0.1) is 10.6 Å². The number of sulfonamides is 1. The molecule has 0 radical (unpaired) electrons. The van der Waals surface area contributed by atoms with Gasteiger partial charge in [-0.15, -0.1) is 0 Å². The van der Waals surface area contributed by atoms with Crippen molar-refractivity contribution >= 4 is 33.2 Å². The Labute approximate surface area is 202 Å². The molecule has 0 unspecified atom stereocenters. The minimum absolute atomic E-state index is 0.0428. The number of rotatable bonds is 6. The average Bonchev–Trinajstić information content (AvgIpc) is 3.30. The van der Waals surface area contributed by atoms with Gasteiger partial charge in [0.25, 0.3) is 15.9 Å². The molecule has 1 aliphatic heterocycles. The third-order valence-electron chi connectivity index (χ3n) is 5.96. The topological polar surface area (TPSA) is 66.5 Å². The normalized spacial score (nSPS) is 16.0. The van der Waals surface area contributed by atoms with Crippen molar-refractivity contribution in [3.63, 3.8) is 0 Å².